The van der Waals surface area contributed by atoms with Crippen molar-refractivity contribution in [2.75, 3.05) is 72.7 Å². The molecule has 1 aliphatic heterocycles. The lowest BCUT2D eigenvalue weighted by Crippen LogP contribution is -2.54. The molecule has 0 saturated carbocycles. The summed E-state index contributed by atoms with van der Waals surface area (Å²) in [6, 6.07) is 7.43. The van der Waals surface area contributed by atoms with Gasteiger partial charge in [0.2, 0.25) is 5.91 Å². The molecule has 8 nitrogen and oxygen atoms in total. The van der Waals surface area contributed by atoms with E-state index >= 15 is 0 Å². The Morgan fingerprint density at radius 2 is 1.93 bits per heavy atom. The number of nitrogens with zero attached hydrogens (tertiary/aromatic N) is 3. The van der Waals surface area contributed by atoms with Gasteiger partial charge in [0.15, 0.2) is 5.96 Å². The van der Waals surface area contributed by atoms with E-state index in [1.165, 1.54) is 0 Å². The number of nitrogens with one attached hydrogen (secondary N) is 2. The van der Waals surface area contributed by atoms with Crippen LogP contribution in [0.4, 0.5) is 0 Å². The van der Waals surface area contributed by atoms with E-state index in [-0.39, 0.29) is 5.91 Å². The molecule has 1 aliphatic rings. The molecule has 2 rings (SSSR count). The number of methoxy groups -OCH3 is 1. The molecule has 9 heteroatoms. The molecule has 162 valence electrons. The number of para-hydroxylation sites is 1. The van der Waals surface area contributed by atoms with Crippen molar-refractivity contribution in [3.05, 3.63) is 29.3 Å². The summed E-state index contributed by atoms with van der Waals surface area (Å²) in [4.78, 5) is 21.0. The van der Waals surface area contributed by atoms with Crippen LogP contribution in [0.25, 0.3) is 0 Å². The number of rotatable bonds is 10. The van der Waals surface area contributed by atoms with Crippen molar-refractivity contribution in [2.45, 2.75) is 6.92 Å². The summed E-state index contributed by atoms with van der Waals surface area (Å²) in [7, 11) is 1.62. The van der Waals surface area contributed by atoms with Crippen molar-refractivity contribution < 1.29 is 14.3 Å². The number of amides is 1. The summed E-state index contributed by atoms with van der Waals surface area (Å²) in [5.41, 5.74) is 0. The van der Waals surface area contributed by atoms with Gasteiger partial charge in [0.1, 0.15) is 12.4 Å². The topological polar surface area (TPSA) is 78.4 Å². The normalized spacial score (nSPS) is 15.3. The summed E-state index contributed by atoms with van der Waals surface area (Å²) >= 11 is 6.10. The molecule has 0 spiro atoms. The first-order valence-electron chi connectivity index (χ1n) is 10.0. The quantitative estimate of drug-likeness (QED) is 0.331. The minimum atomic E-state index is 0.0350. The number of halogens is 1. The summed E-state index contributed by atoms with van der Waals surface area (Å²) in [5.74, 6) is 1.58. The first-order chi connectivity index (χ1) is 14.1. The minimum Gasteiger partial charge on any atom is -0.490 e. The average Bonchev–Trinajstić information content (AvgIpc) is 2.72. The van der Waals surface area contributed by atoms with Crippen LogP contribution in [0.5, 0.6) is 5.75 Å². The number of carbonyl (C=O) groups is 1. The fraction of sp³-hybridized carbons (Fsp3) is 0.600. The summed E-state index contributed by atoms with van der Waals surface area (Å²) in [5, 5.41) is 6.80. The van der Waals surface area contributed by atoms with Gasteiger partial charge in [-0.2, -0.15) is 0 Å². The second-order valence-electron chi connectivity index (χ2n) is 6.62. The lowest BCUT2D eigenvalue weighted by molar-refractivity contribution is -0.122. The van der Waals surface area contributed by atoms with Crippen molar-refractivity contribution in [3.8, 4) is 5.75 Å². The molecule has 1 fully saturated rings. The first kappa shape index (κ1) is 23.3. The Morgan fingerprint density at radius 1 is 1.17 bits per heavy atom. The summed E-state index contributed by atoms with van der Waals surface area (Å²) < 4.78 is 10.7. The van der Waals surface area contributed by atoms with Gasteiger partial charge >= 0.3 is 0 Å². The maximum absolute atomic E-state index is 11.9. The lowest BCUT2D eigenvalue weighted by Gasteiger charge is -2.36. The molecule has 1 heterocycles. The molecule has 1 amide bonds. The van der Waals surface area contributed by atoms with Crippen LogP contribution in [0, 0.1) is 0 Å². The van der Waals surface area contributed by atoms with Gasteiger partial charge in [-0.3, -0.25) is 9.69 Å². The van der Waals surface area contributed by atoms with Gasteiger partial charge in [0.05, 0.1) is 24.7 Å². The van der Waals surface area contributed by atoms with Gasteiger partial charge < -0.3 is 25.0 Å². The molecule has 0 atom stereocenters. The molecule has 0 radical (unpaired) electrons. The van der Waals surface area contributed by atoms with E-state index in [2.05, 4.69) is 32.3 Å². The van der Waals surface area contributed by atoms with E-state index < -0.39 is 0 Å². The van der Waals surface area contributed by atoms with Gasteiger partial charge in [-0.25, -0.2) is 4.99 Å². The molecule has 0 unspecified atom stereocenters. The summed E-state index contributed by atoms with van der Waals surface area (Å²) in [6.07, 6.45) is 0. The molecule has 1 saturated heterocycles. The predicted octanol–water partition coefficient (Wildman–Crippen LogP) is 1.06. The molecule has 1 aromatic carbocycles. The van der Waals surface area contributed by atoms with Crippen LogP contribution in [-0.2, 0) is 9.53 Å². The highest BCUT2D eigenvalue weighted by atomic mass is 35.5. The van der Waals surface area contributed by atoms with Crippen molar-refractivity contribution in [1.29, 1.82) is 0 Å². The van der Waals surface area contributed by atoms with Crippen LogP contribution >= 0.6 is 11.6 Å². The lowest BCUT2D eigenvalue weighted by atomic mass is 10.3. The fourth-order valence-corrected chi connectivity index (χ4v) is 3.15. The van der Waals surface area contributed by atoms with Gasteiger partial charge in [-0.1, -0.05) is 23.7 Å². The second-order valence-corrected chi connectivity index (χ2v) is 7.03. The largest absolute Gasteiger partial charge is 0.490 e. The summed E-state index contributed by atoms with van der Waals surface area (Å²) in [6.45, 7) is 8.61. The van der Waals surface area contributed by atoms with Crippen LogP contribution in [-0.4, -0.2) is 94.3 Å². The molecular weight excluding hydrogens is 394 g/mol. The van der Waals surface area contributed by atoms with E-state index in [1.54, 1.807) is 7.11 Å². The van der Waals surface area contributed by atoms with E-state index in [0.29, 0.717) is 43.6 Å². The van der Waals surface area contributed by atoms with E-state index in [4.69, 9.17) is 21.1 Å². The number of hydrogen-bond acceptors (Lipinski definition) is 5. The monoisotopic (exact) mass is 425 g/mol. The number of piperazine rings is 1. The van der Waals surface area contributed by atoms with Crippen LogP contribution in [0.1, 0.15) is 6.92 Å². The SMILES string of the molecule is CCNC(=NCCOc1ccccc1Cl)N1CCN(CC(=O)NCCOC)CC1. The van der Waals surface area contributed by atoms with Crippen molar-refractivity contribution >= 4 is 23.5 Å². The third kappa shape index (κ3) is 8.47. The van der Waals surface area contributed by atoms with Gasteiger partial charge in [0, 0.05) is 46.4 Å². The molecule has 0 aromatic heterocycles. The van der Waals surface area contributed by atoms with Gasteiger partial charge in [-0.05, 0) is 19.1 Å². The molecule has 0 aliphatic carbocycles. The van der Waals surface area contributed by atoms with Crippen molar-refractivity contribution in [1.82, 2.24) is 20.4 Å². The van der Waals surface area contributed by atoms with E-state index in [0.717, 1.165) is 38.7 Å². The zero-order valence-corrected chi connectivity index (χ0v) is 18.1. The first-order valence-corrected chi connectivity index (χ1v) is 10.4. The third-order valence-corrected chi connectivity index (χ3v) is 4.76. The van der Waals surface area contributed by atoms with Crippen molar-refractivity contribution in [3.63, 3.8) is 0 Å². The zero-order valence-electron chi connectivity index (χ0n) is 17.3. The second kappa shape index (κ2) is 13.2. The molecule has 29 heavy (non-hydrogen) atoms. The highest BCUT2D eigenvalue weighted by molar-refractivity contribution is 6.32. The number of benzene rings is 1. The number of carbonyl (C=O) groups excluding carboxylic acids is 1. The maximum Gasteiger partial charge on any atom is 0.234 e. The van der Waals surface area contributed by atoms with Gasteiger partial charge in [0.25, 0.3) is 0 Å². The van der Waals surface area contributed by atoms with E-state index in [1.807, 2.05) is 24.3 Å². The van der Waals surface area contributed by atoms with Crippen LogP contribution in [0.3, 0.4) is 0 Å². The number of guanidine groups is 1. The standard InChI is InChI=1S/C20H32ClN5O3/c1-3-22-20(24-9-15-29-18-7-5-4-6-17(18)21)26-12-10-25(11-13-26)16-19(27)23-8-14-28-2/h4-7H,3,8-16H2,1-2H3,(H,22,24)(H,23,27). The minimum absolute atomic E-state index is 0.0350. The Kier molecular flexibility index (Phi) is 10.6. The Hall–Kier alpha value is -2.03. The molecule has 0 bridgehead atoms. The molecule has 2 N–H and O–H groups in total. The number of hydrogen-bond donors (Lipinski definition) is 2. The van der Waals surface area contributed by atoms with Crippen LogP contribution in [0.2, 0.25) is 5.02 Å². The van der Waals surface area contributed by atoms with Crippen molar-refractivity contribution in [2.24, 2.45) is 4.99 Å². The zero-order chi connectivity index (χ0) is 20.9. The van der Waals surface area contributed by atoms with E-state index in [9.17, 15) is 4.79 Å². The van der Waals surface area contributed by atoms with Crippen LogP contribution < -0.4 is 15.4 Å². The predicted molar refractivity (Wildman–Crippen MR) is 116 cm³/mol. The third-order valence-electron chi connectivity index (χ3n) is 4.45. The number of aliphatic imine (C=N–C) groups is 1. The highest BCUT2D eigenvalue weighted by Gasteiger charge is 2.21. The van der Waals surface area contributed by atoms with Crippen LogP contribution in [0.15, 0.2) is 29.3 Å². The smallest absolute Gasteiger partial charge is 0.234 e. The average molecular weight is 426 g/mol. The Labute approximate surface area is 178 Å². The highest BCUT2D eigenvalue weighted by Crippen LogP contribution is 2.22. The fourth-order valence-electron chi connectivity index (χ4n) is 2.96. The Morgan fingerprint density at radius 3 is 2.62 bits per heavy atom. The molecular formula is C20H32ClN5O3. The van der Waals surface area contributed by atoms with Gasteiger partial charge in [-0.15, -0.1) is 0 Å². The Balaban J connectivity index is 1.75. The Bertz CT molecular complexity index is 651. The maximum atomic E-state index is 11.9. The molecule has 1 aromatic rings. The number of ether oxygens (including phenoxy) is 2.